The van der Waals surface area contributed by atoms with E-state index in [1.807, 2.05) is 0 Å². The zero-order valence-electron chi connectivity index (χ0n) is 16.2. The number of quaternary nitrogens is 1. The van der Waals surface area contributed by atoms with E-state index < -0.39 is 10.0 Å². The van der Waals surface area contributed by atoms with Crippen LogP contribution in [0.15, 0.2) is 53.4 Å². The quantitative estimate of drug-likeness (QED) is 0.619. The van der Waals surface area contributed by atoms with Gasteiger partial charge in [-0.1, -0.05) is 31.2 Å². The fraction of sp³-hybridized carbons (Fsp3) is 0.381. The molecule has 0 spiro atoms. The first kappa shape index (κ1) is 20.5. The fourth-order valence-electron chi connectivity index (χ4n) is 3.46. The number of hydrogen-bond donors (Lipinski definition) is 3. The van der Waals surface area contributed by atoms with Crippen molar-refractivity contribution in [3.63, 3.8) is 0 Å². The van der Waals surface area contributed by atoms with Crippen molar-refractivity contribution in [3.8, 4) is 0 Å². The predicted octanol–water partition coefficient (Wildman–Crippen LogP) is 1.09. The van der Waals surface area contributed by atoms with Crippen molar-refractivity contribution in [3.05, 3.63) is 65.2 Å². The molecular weight excluding hydrogens is 374 g/mol. The van der Waals surface area contributed by atoms with Crippen LogP contribution in [0.3, 0.4) is 0 Å². The van der Waals surface area contributed by atoms with Gasteiger partial charge in [0.25, 0.3) is 5.91 Å². The number of nitrogens with one attached hydrogen (secondary N) is 3. The molecule has 1 aliphatic rings. The van der Waals surface area contributed by atoms with Crippen LogP contribution in [-0.2, 0) is 23.1 Å². The van der Waals surface area contributed by atoms with E-state index in [1.54, 1.807) is 11.8 Å². The highest BCUT2D eigenvalue weighted by Gasteiger charge is 2.16. The molecule has 6 nitrogen and oxygen atoms in total. The lowest BCUT2D eigenvalue weighted by molar-refractivity contribution is -0.901. The Morgan fingerprint density at radius 2 is 1.57 bits per heavy atom. The second kappa shape index (κ2) is 9.32. The molecule has 0 radical (unpaired) electrons. The van der Waals surface area contributed by atoms with Crippen LogP contribution in [0.1, 0.15) is 41.3 Å². The molecule has 1 fully saturated rings. The van der Waals surface area contributed by atoms with E-state index in [2.05, 4.69) is 34.3 Å². The van der Waals surface area contributed by atoms with Crippen molar-refractivity contribution >= 4 is 15.9 Å². The summed E-state index contributed by atoms with van der Waals surface area (Å²) < 4.78 is 26.3. The molecule has 150 valence electrons. The minimum absolute atomic E-state index is 0.154. The topological polar surface area (TPSA) is 79.7 Å². The van der Waals surface area contributed by atoms with Gasteiger partial charge in [0.05, 0.1) is 18.0 Å². The van der Waals surface area contributed by atoms with Gasteiger partial charge in [0.2, 0.25) is 10.0 Å². The predicted molar refractivity (Wildman–Crippen MR) is 109 cm³/mol. The second-order valence-corrected chi connectivity index (χ2v) is 8.93. The summed E-state index contributed by atoms with van der Waals surface area (Å²) in [4.78, 5) is 14.1. The largest absolute Gasteiger partial charge is 0.348 e. The van der Waals surface area contributed by atoms with Gasteiger partial charge in [-0.05, 0) is 29.8 Å². The summed E-state index contributed by atoms with van der Waals surface area (Å²) in [6.07, 6.45) is 2.64. The fourth-order valence-corrected chi connectivity index (χ4v) is 4.50. The third kappa shape index (κ3) is 5.41. The maximum Gasteiger partial charge on any atom is 0.251 e. The Balaban J connectivity index is 1.53. The Labute approximate surface area is 167 Å². The molecular formula is C21H28N3O3S+. The zero-order valence-corrected chi connectivity index (χ0v) is 17.0. The van der Waals surface area contributed by atoms with E-state index in [0.717, 1.165) is 12.1 Å². The van der Waals surface area contributed by atoms with Crippen LogP contribution in [0.25, 0.3) is 0 Å². The van der Waals surface area contributed by atoms with Crippen molar-refractivity contribution < 1.29 is 18.1 Å². The molecule has 1 heterocycles. The van der Waals surface area contributed by atoms with Gasteiger partial charge < -0.3 is 10.2 Å². The highest BCUT2D eigenvalue weighted by atomic mass is 32.2. The van der Waals surface area contributed by atoms with E-state index >= 15 is 0 Å². The SMILES string of the molecule is CCNS(=O)(=O)c1ccc(C(=O)NCc2ccc(C[NH+]3CCCC3)cc2)cc1. The van der Waals surface area contributed by atoms with Crippen LogP contribution < -0.4 is 14.9 Å². The number of carbonyl (C=O) groups excluding carboxylic acids is 1. The molecule has 2 aromatic carbocycles. The van der Waals surface area contributed by atoms with Gasteiger partial charge in [-0.3, -0.25) is 4.79 Å². The van der Waals surface area contributed by atoms with E-state index in [0.29, 0.717) is 18.7 Å². The molecule has 3 N–H and O–H groups in total. The molecule has 0 atom stereocenters. The highest BCUT2D eigenvalue weighted by molar-refractivity contribution is 7.89. The molecule has 1 aliphatic heterocycles. The van der Waals surface area contributed by atoms with Gasteiger partial charge >= 0.3 is 0 Å². The molecule has 28 heavy (non-hydrogen) atoms. The van der Waals surface area contributed by atoms with Gasteiger partial charge in [-0.2, -0.15) is 0 Å². The normalized spacial score (nSPS) is 14.9. The first-order valence-electron chi connectivity index (χ1n) is 9.77. The van der Waals surface area contributed by atoms with E-state index in [1.165, 1.54) is 55.8 Å². The summed E-state index contributed by atoms with van der Waals surface area (Å²) in [5.74, 6) is -0.224. The molecule has 0 aliphatic carbocycles. The molecule has 7 heteroatoms. The Hall–Kier alpha value is -2.22. The average Bonchev–Trinajstić information content (AvgIpc) is 3.20. The lowest BCUT2D eigenvalue weighted by Gasteiger charge is -2.12. The van der Waals surface area contributed by atoms with Crippen LogP contribution in [0.5, 0.6) is 0 Å². The van der Waals surface area contributed by atoms with E-state index in [9.17, 15) is 13.2 Å². The summed E-state index contributed by atoms with van der Waals surface area (Å²) in [5.41, 5.74) is 2.80. The van der Waals surface area contributed by atoms with Crippen LogP contribution >= 0.6 is 0 Å². The van der Waals surface area contributed by atoms with Crippen LogP contribution in [0.4, 0.5) is 0 Å². The smallest absolute Gasteiger partial charge is 0.251 e. The van der Waals surface area contributed by atoms with Crippen LogP contribution in [0.2, 0.25) is 0 Å². The number of hydrogen-bond acceptors (Lipinski definition) is 3. The number of benzene rings is 2. The first-order valence-corrected chi connectivity index (χ1v) is 11.3. The first-order chi connectivity index (χ1) is 13.5. The van der Waals surface area contributed by atoms with Crippen molar-refractivity contribution in [2.24, 2.45) is 0 Å². The van der Waals surface area contributed by atoms with Crippen LogP contribution in [-0.4, -0.2) is 34.0 Å². The van der Waals surface area contributed by atoms with Gasteiger partial charge in [-0.15, -0.1) is 0 Å². The minimum atomic E-state index is -3.50. The zero-order chi connectivity index (χ0) is 20.0. The molecule has 2 aromatic rings. The van der Waals surface area contributed by atoms with Crippen molar-refractivity contribution in [1.82, 2.24) is 10.0 Å². The second-order valence-electron chi connectivity index (χ2n) is 7.16. The van der Waals surface area contributed by atoms with Gasteiger partial charge in [0, 0.05) is 37.1 Å². The van der Waals surface area contributed by atoms with Crippen LogP contribution in [0, 0.1) is 0 Å². The minimum Gasteiger partial charge on any atom is -0.348 e. The van der Waals surface area contributed by atoms with Crippen molar-refractivity contribution in [1.29, 1.82) is 0 Å². The molecule has 3 rings (SSSR count). The third-order valence-electron chi connectivity index (χ3n) is 5.00. The Kier molecular flexibility index (Phi) is 6.83. The number of rotatable bonds is 8. The molecule has 0 unspecified atom stereocenters. The summed E-state index contributed by atoms with van der Waals surface area (Å²) >= 11 is 0. The van der Waals surface area contributed by atoms with E-state index in [-0.39, 0.29) is 10.8 Å². The summed E-state index contributed by atoms with van der Waals surface area (Å²) in [6, 6.07) is 14.3. The van der Waals surface area contributed by atoms with Crippen molar-refractivity contribution in [2.45, 2.75) is 37.8 Å². The Morgan fingerprint density at radius 1 is 0.964 bits per heavy atom. The summed E-state index contributed by atoms with van der Waals surface area (Å²) in [5, 5.41) is 2.88. The van der Waals surface area contributed by atoms with Gasteiger partial charge in [0.15, 0.2) is 0 Å². The van der Waals surface area contributed by atoms with Gasteiger partial charge in [0.1, 0.15) is 6.54 Å². The maximum absolute atomic E-state index is 12.3. The average molecular weight is 403 g/mol. The standard InChI is InChI=1S/C21H27N3O3S/c1-2-23-28(26,27)20-11-9-19(10-12-20)21(25)22-15-17-5-7-18(8-6-17)16-24-13-3-4-14-24/h5-12,23H,2-4,13-16H2,1H3,(H,22,25)/p+1. The van der Waals surface area contributed by atoms with Crippen molar-refractivity contribution in [2.75, 3.05) is 19.6 Å². The van der Waals surface area contributed by atoms with Gasteiger partial charge in [-0.25, -0.2) is 13.1 Å². The molecule has 1 saturated heterocycles. The highest BCUT2D eigenvalue weighted by Crippen LogP contribution is 2.11. The molecule has 0 bridgehead atoms. The number of carbonyl (C=O) groups is 1. The molecule has 0 saturated carbocycles. The third-order valence-corrected chi connectivity index (χ3v) is 6.56. The number of sulfonamides is 1. The lowest BCUT2D eigenvalue weighted by Crippen LogP contribution is -3.08. The molecule has 0 aromatic heterocycles. The Bertz CT molecular complexity index is 887. The lowest BCUT2D eigenvalue weighted by atomic mass is 10.1. The summed E-state index contributed by atoms with van der Waals surface area (Å²) in [6.45, 7) is 6.06. The molecule has 1 amide bonds. The van der Waals surface area contributed by atoms with E-state index in [4.69, 9.17) is 0 Å². The number of likely N-dealkylation sites (tertiary alicyclic amines) is 1. The maximum atomic E-state index is 12.3. The number of amides is 1. The Morgan fingerprint density at radius 3 is 2.18 bits per heavy atom. The summed E-state index contributed by atoms with van der Waals surface area (Å²) in [7, 11) is -3.50. The monoisotopic (exact) mass is 402 g/mol.